The number of benzene rings is 2. The summed E-state index contributed by atoms with van der Waals surface area (Å²) in [6.45, 7) is 13.8. The minimum Gasteiger partial charge on any atom is -0.445 e. The van der Waals surface area contributed by atoms with Crippen LogP contribution in [0.5, 0.6) is 0 Å². The molecule has 0 bridgehead atoms. The highest BCUT2D eigenvalue weighted by atomic mass is 16.6. The molecule has 2 aromatic rings. The van der Waals surface area contributed by atoms with E-state index in [2.05, 4.69) is 35.1 Å². The monoisotopic (exact) mass is 821 g/mol. The summed E-state index contributed by atoms with van der Waals surface area (Å²) in [5.41, 5.74) is 1.13. The zero-order valence-electron chi connectivity index (χ0n) is 36.1. The van der Waals surface area contributed by atoms with Gasteiger partial charge in [-0.15, -0.1) is 0 Å². The van der Waals surface area contributed by atoms with Gasteiger partial charge in [0.15, 0.2) is 6.29 Å². The van der Waals surface area contributed by atoms with Gasteiger partial charge in [0.1, 0.15) is 24.3 Å². The third-order valence-corrected chi connectivity index (χ3v) is 9.79. The lowest BCUT2D eigenvalue weighted by molar-refractivity contribution is -0.142. The van der Waals surface area contributed by atoms with Gasteiger partial charge >= 0.3 is 12.2 Å². The van der Waals surface area contributed by atoms with Gasteiger partial charge in [-0.2, -0.15) is 0 Å². The van der Waals surface area contributed by atoms with Crippen LogP contribution in [-0.2, 0) is 41.6 Å². The lowest BCUT2D eigenvalue weighted by Gasteiger charge is -2.31. The highest BCUT2D eigenvalue weighted by Crippen LogP contribution is 2.24. The molecule has 2 aromatic carbocycles. The lowest BCUT2D eigenvalue weighted by Crippen LogP contribution is -2.57. The van der Waals surface area contributed by atoms with Crippen molar-refractivity contribution in [1.29, 1.82) is 0 Å². The smallest absolute Gasteiger partial charge is 0.408 e. The van der Waals surface area contributed by atoms with E-state index in [1.54, 1.807) is 39.5 Å². The van der Waals surface area contributed by atoms with Crippen LogP contribution in [0.1, 0.15) is 91.7 Å². The zero-order chi connectivity index (χ0) is 43.5. The van der Waals surface area contributed by atoms with Crippen LogP contribution < -0.4 is 21.3 Å². The SMILES string of the molecule is CO[C@H](O)[C@H](CCCNC(=O)OCc1ccccc1)NC(=O)[C@@H](NC(=O)C1CCCN1C(=O)[C@H](C=CC(CC(C)C)NC(=O)OC(C)(C)C)Cc1ccccc1)C(C)C. The van der Waals surface area contributed by atoms with E-state index in [1.807, 2.05) is 72.8 Å². The number of hydrogen-bond donors (Lipinski definition) is 5. The van der Waals surface area contributed by atoms with Crippen LogP contribution >= 0.6 is 0 Å². The van der Waals surface area contributed by atoms with Crippen molar-refractivity contribution in [2.45, 2.75) is 130 Å². The van der Waals surface area contributed by atoms with E-state index in [1.165, 1.54) is 7.11 Å². The molecule has 59 heavy (non-hydrogen) atoms. The minimum absolute atomic E-state index is 0.127. The molecular weight excluding hydrogens is 755 g/mol. The molecule has 1 heterocycles. The fraction of sp³-hybridized carbons (Fsp3) is 0.578. The maximum Gasteiger partial charge on any atom is 0.408 e. The summed E-state index contributed by atoms with van der Waals surface area (Å²) in [5.74, 6) is -1.92. The molecule has 3 rings (SSSR count). The summed E-state index contributed by atoms with van der Waals surface area (Å²) in [6.07, 6.45) is 3.87. The van der Waals surface area contributed by atoms with E-state index in [4.69, 9.17) is 14.2 Å². The number of methoxy groups -OCH3 is 1. The fourth-order valence-electron chi connectivity index (χ4n) is 6.84. The lowest BCUT2D eigenvalue weighted by atomic mass is 9.94. The average Bonchev–Trinajstić information content (AvgIpc) is 3.68. The first-order valence-corrected chi connectivity index (χ1v) is 20.8. The number of nitrogens with one attached hydrogen (secondary N) is 4. The second-order valence-corrected chi connectivity index (χ2v) is 16.9. The number of ether oxygens (including phenoxy) is 3. The van der Waals surface area contributed by atoms with Gasteiger partial charge in [-0.05, 0) is 82.3 Å². The third-order valence-electron chi connectivity index (χ3n) is 9.79. The second-order valence-electron chi connectivity index (χ2n) is 16.9. The van der Waals surface area contributed by atoms with Crippen LogP contribution in [0.25, 0.3) is 0 Å². The Balaban J connectivity index is 1.69. The standard InChI is InChI=1S/C45H67N5O9/c1-30(2)27-35(47-44(56)59-45(5,6)7)24-23-34(28-32-17-11-9-12-18-32)41(53)50-26-16-22-37(50)39(51)49-38(31(3)4)40(52)48-36(42(54)57-8)21-15-25-46-43(55)58-29-33-19-13-10-14-20-33/h9-14,17-20,23-24,30-31,34-38,42,54H,15-16,21-22,25-29H2,1-8H3,(H,46,55)(H,47,56)(H,48,52)(H,49,51)/t34-,35?,36+,37?,38+,42+/m1/s1. The number of alkyl carbamates (subject to hydrolysis) is 2. The van der Waals surface area contributed by atoms with Crippen LogP contribution in [0, 0.1) is 17.8 Å². The largest absolute Gasteiger partial charge is 0.445 e. The normalized spacial score (nSPS) is 16.9. The molecule has 0 saturated carbocycles. The molecular formula is C45H67N5O9. The van der Waals surface area contributed by atoms with E-state index in [9.17, 15) is 29.1 Å². The van der Waals surface area contributed by atoms with E-state index in [0.717, 1.165) is 11.1 Å². The van der Waals surface area contributed by atoms with Crippen molar-refractivity contribution in [3.05, 3.63) is 83.9 Å². The van der Waals surface area contributed by atoms with Gasteiger partial charge in [0, 0.05) is 20.2 Å². The molecule has 0 aliphatic carbocycles. The molecule has 0 aromatic heterocycles. The zero-order valence-corrected chi connectivity index (χ0v) is 36.1. The Morgan fingerprint density at radius 2 is 1.53 bits per heavy atom. The summed E-state index contributed by atoms with van der Waals surface area (Å²) in [7, 11) is 1.32. The van der Waals surface area contributed by atoms with E-state index < -0.39 is 66.0 Å². The first kappa shape index (κ1) is 48.4. The van der Waals surface area contributed by atoms with Gasteiger partial charge in [0.2, 0.25) is 17.7 Å². The van der Waals surface area contributed by atoms with E-state index in [-0.39, 0.29) is 37.3 Å². The van der Waals surface area contributed by atoms with Gasteiger partial charge in [-0.1, -0.05) is 101 Å². The molecule has 6 atom stereocenters. The van der Waals surface area contributed by atoms with Crippen LogP contribution in [0.15, 0.2) is 72.8 Å². The number of nitrogens with zero attached hydrogens (tertiary/aromatic N) is 1. The molecule has 0 spiro atoms. The number of amides is 5. The average molecular weight is 822 g/mol. The molecule has 326 valence electrons. The number of aliphatic hydroxyl groups is 1. The second kappa shape index (κ2) is 24.2. The molecule has 1 saturated heterocycles. The molecule has 1 aliphatic rings. The molecule has 1 aliphatic heterocycles. The van der Waals surface area contributed by atoms with Crippen LogP contribution in [0.2, 0.25) is 0 Å². The van der Waals surface area contributed by atoms with Gasteiger partial charge in [0.25, 0.3) is 0 Å². The third kappa shape index (κ3) is 17.4. The summed E-state index contributed by atoms with van der Waals surface area (Å²) >= 11 is 0. The first-order chi connectivity index (χ1) is 28.0. The number of carbonyl (C=O) groups excluding carboxylic acids is 5. The van der Waals surface area contributed by atoms with Crippen LogP contribution in [0.3, 0.4) is 0 Å². The first-order valence-electron chi connectivity index (χ1n) is 20.8. The molecule has 14 nitrogen and oxygen atoms in total. The summed E-state index contributed by atoms with van der Waals surface area (Å²) in [5, 5.41) is 21.9. The summed E-state index contributed by atoms with van der Waals surface area (Å²) in [6, 6.07) is 15.9. The van der Waals surface area contributed by atoms with Gasteiger partial charge < -0.3 is 45.5 Å². The van der Waals surface area contributed by atoms with Crippen molar-refractivity contribution in [3.8, 4) is 0 Å². The van der Waals surface area contributed by atoms with Crippen molar-refractivity contribution < 1.29 is 43.3 Å². The van der Waals surface area contributed by atoms with Gasteiger partial charge in [-0.25, -0.2) is 9.59 Å². The van der Waals surface area contributed by atoms with Gasteiger partial charge in [-0.3, -0.25) is 14.4 Å². The maximum absolute atomic E-state index is 14.4. The Labute approximate surface area is 350 Å². The van der Waals surface area contributed by atoms with Crippen molar-refractivity contribution in [2.24, 2.45) is 17.8 Å². The number of carbonyl (C=O) groups is 5. The molecule has 2 unspecified atom stereocenters. The number of likely N-dealkylation sites (tertiary alicyclic amines) is 1. The quantitative estimate of drug-likeness (QED) is 0.0605. The highest BCUT2D eigenvalue weighted by Gasteiger charge is 2.39. The molecule has 0 radical (unpaired) electrons. The van der Waals surface area contributed by atoms with Crippen LogP contribution in [-0.4, -0.2) is 96.2 Å². The predicted octanol–water partition coefficient (Wildman–Crippen LogP) is 5.63. The Bertz CT molecular complexity index is 1650. The van der Waals surface area contributed by atoms with Crippen LogP contribution in [0.4, 0.5) is 9.59 Å². The van der Waals surface area contributed by atoms with E-state index in [0.29, 0.717) is 38.6 Å². The summed E-state index contributed by atoms with van der Waals surface area (Å²) < 4.78 is 15.9. The Kier molecular flexibility index (Phi) is 19.9. The maximum atomic E-state index is 14.4. The van der Waals surface area contributed by atoms with Gasteiger partial charge in [0.05, 0.1) is 18.0 Å². The number of aliphatic hydroxyl groups excluding tert-OH is 1. The van der Waals surface area contributed by atoms with Crippen molar-refractivity contribution >= 4 is 29.9 Å². The number of rotatable bonds is 21. The van der Waals surface area contributed by atoms with Crippen molar-refractivity contribution in [1.82, 2.24) is 26.2 Å². The van der Waals surface area contributed by atoms with E-state index >= 15 is 0 Å². The highest BCUT2D eigenvalue weighted by molar-refractivity contribution is 5.93. The Morgan fingerprint density at radius 1 is 0.881 bits per heavy atom. The Hall–Kier alpha value is -4.95. The minimum atomic E-state index is -1.34. The molecule has 5 amide bonds. The topological polar surface area (TPSA) is 185 Å². The Morgan fingerprint density at radius 3 is 2.12 bits per heavy atom. The summed E-state index contributed by atoms with van der Waals surface area (Å²) in [4.78, 5) is 68.6. The number of hydrogen-bond acceptors (Lipinski definition) is 9. The molecule has 14 heteroatoms. The molecule has 1 fully saturated rings. The fourth-order valence-corrected chi connectivity index (χ4v) is 6.84. The predicted molar refractivity (Wildman–Crippen MR) is 226 cm³/mol. The molecule has 5 N–H and O–H groups in total. The van der Waals surface area contributed by atoms with Crippen molar-refractivity contribution in [2.75, 3.05) is 20.2 Å². The van der Waals surface area contributed by atoms with Crippen molar-refractivity contribution in [3.63, 3.8) is 0 Å².